The molecule has 0 spiro atoms. The van der Waals surface area contributed by atoms with Crippen LogP contribution in [-0.2, 0) is 11.2 Å². The molecule has 1 amide bonds. The van der Waals surface area contributed by atoms with E-state index < -0.39 is 11.9 Å². The van der Waals surface area contributed by atoms with Crippen LogP contribution in [0.2, 0.25) is 0 Å². The first-order chi connectivity index (χ1) is 9.95. The highest BCUT2D eigenvalue weighted by Crippen LogP contribution is 2.39. The number of aryl methyl sites for hydroxylation is 1. The first-order valence-corrected chi connectivity index (χ1v) is 8.61. The number of amides is 1. The Morgan fingerprint density at radius 2 is 2.00 bits per heavy atom. The van der Waals surface area contributed by atoms with Crippen molar-refractivity contribution >= 4 is 54.8 Å². The molecule has 1 unspecified atom stereocenters. The highest BCUT2D eigenvalue weighted by Gasteiger charge is 2.23. The van der Waals surface area contributed by atoms with Gasteiger partial charge in [-0.1, -0.05) is 0 Å². The lowest BCUT2D eigenvalue weighted by Crippen LogP contribution is -2.20. The van der Waals surface area contributed by atoms with Crippen molar-refractivity contribution in [1.82, 2.24) is 0 Å². The Bertz CT molecular complexity index is 732. The molecule has 1 aromatic carbocycles. The molecule has 1 aliphatic rings. The van der Waals surface area contributed by atoms with E-state index in [1.807, 2.05) is 0 Å². The number of carbonyl (C=O) groups is 1. The Kier molecular flexibility index (Phi) is 4.18. The maximum atomic E-state index is 14.2. The number of aliphatic hydroxyl groups excluding tert-OH is 1. The van der Waals surface area contributed by atoms with Crippen LogP contribution in [-0.4, -0.2) is 11.0 Å². The number of fused-ring (bicyclic) bond motifs is 1. The Balaban J connectivity index is 2.03. The topological polar surface area (TPSA) is 49.3 Å². The molecular formula is C14H10Br2FNO2S. The zero-order valence-electron chi connectivity index (χ0n) is 10.6. The van der Waals surface area contributed by atoms with Crippen molar-refractivity contribution in [2.45, 2.75) is 18.9 Å². The molecule has 1 aliphatic heterocycles. The van der Waals surface area contributed by atoms with Crippen molar-refractivity contribution in [2.24, 2.45) is 0 Å². The van der Waals surface area contributed by atoms with Gasteiger partial charge in [0.05, 0.1) is 7.57 Å². The summed E-state index contributed by atoms with van der Waals surface area (Å²) in [6.45, 7) is 0. The van der Waals surface area contributed by atoms with Crippen LogP contribution in [0.5, 0.6) is 0 Å². The largest absolute Gasteiger partial charge is 0.383 e. The Hall–Kier alpha value is -0.760. The van der Waals surface area contributed by atoms with Gasteiger partial charge in [-0.3, -0.25) is 4.79 Å². The number of anilines is 1. The van der Waals surface area contributed by atoms with Crippen molar-refractivity contribution in [1.29, 1.82) is 0 Å². The minimum absolute atomic E-state index is 0.111. The van der Waals surface area contributed by atoms with Crippen molar-refractivity contribution in [3.8, 4) is 0 Å². The molecule has 0 bridgehead atoms. The second-order valence-corrected chi connectivity index (χ2v) is 8.51. The molecule has 1 aromatic heterocycles. The van der Waals surface area contributed by atoms with E-state index in [4.69, 9.17) is 0 Å². The summed E-state index contributed by atoms with van der Waals surface area (Å²) in [5.41, 5.74) is 2.17. The highest BCUT2D eigenvalue weighted by molar-refractivity contribution is 9.12. The van der Waals surface area contributed by atoms with E-state index in [0.717, 1.165) is 13.1 Å². The molecule has 1 atom stereocenters. The normalized spacial score (nSPS) is 15.5. The van der Waals surface area contributed by atoms with E-state index in [1.165, 1.54) is 17.4 Å². The van der Waals surface area contributed by atoms with Gasteiger partial charge in [0.1, 0.15) is 11.9 Å². The van der Waals surface area contributed by atoms with Crippen LogP contribution in [0.3, 0.4) is 0 Å². The van der Waals surface area contributed by atoms with Crippen LogP contribution in [0, 0.1) is 5.82 Å². The van der Waals surface area contributed by atoms with Gasteiger partial charge in [-0.05, 0) is 62.0 Å². The van der Waals surface area contributed by atoms with E-state index in [0.29, 0.717) is 24.1 Å². The molecule has 0 radical (unpaired) electrons. The number of hydrogen-bond acceptors (Lipinski definition) is 3. The Morgan fingerprint density at radius 3 is 2.67 bits per heavy atom. The number of aliphatic hydroxyl groups is 1. The SMILES string of the molecule is O=C1CCc2cc(C(O)c3cc(Br)sc3Br)c(F)cc2N1. The molecule has 2 aromatic rings. The van der Waals surface area contributed by atoms with Gasteiger partial charge in [0.2, 0.25) is 5.91 Å². The van der Waals surface area contributed by atoms with Crippen LogP contribution in [0.15, 0.2) is 25.8 Å². The van der Waals surface area contributed by atoms with Crippen molar-refractivity contribution in [2.75, 3.05) is 5.32 Å². The second-order valence-electron chi connectivity index (χ2n) is 4.76. The van der Waals surface area contributed by atoms with Gasteiger partial charge in [0.25, 0.3) is 0 Å². The predicted molar refractivity (Wildman–Crippen MR) is 87.1 cm³/mol. The third-order valence-electron chi connectivity index (χ3n) is 3.39. The van der Waals surface area contributed by atoms with Crippen LogP contribution in [0.1, 0.15) is 29.2 Å². The summed E-state index contributed by atoms with van der Waals surface area (Å²) in [7, 11) is 0. The molecule has 2 N–H and O–H groups in total. The standard InChI is InChI=1S/C14H10Br2FNO2S/c15-11-4-8(14(16)21-11)13(20)7-3-6-1-2-12(19)18-10(6)5-9(7)17/h3-5,13,20H,1-2H2,(H,18,19). The fraction of sp³-hybridized carbons (Fsp3) is 0.214. The van der Waals surface area contributed by atoms with E-state index in [2.05, 4.69) is 37.2 Å². The van der Waals surface area contributed by atoms with Gasteiger partial charge in [0.15, 0.2) is 0 Å². The van der Waals surface area contributed by atoms with Crippen LogP contribution in [0.4, 0.5) is 10.1 Å². The molecule has 0 aliphatic carbocycles. The molecule has 21 heavy (non-hydrogen) atoms. The Morgan fingerprint density at radius 1 is 1.24 bits per heavy atom. The molecule has 110 valence electrons. The number of halogens is 3. The summed E-state index contributed by atoms with van der Waals surface area (Å²) >= 11 is 8.14. The summed E-state index contributed by atoms with van der Waals surface area (Å²) in [6, 6.07) is 4.67. The maximum absolute atomic E-state index is 14.2. The number of thiophene rings is 1. The molecule has 0 saturated heterocycles. The number of benzene rings is 1. The molecule has 2 heterocycles. The molecule has 3 nitrogen and oxygen atoms in total. The zero-order chi connectivity index (χ0) is 15.1. The maximum Gasteiger partial charge on any atom is 0.224 e. The summed E-state index contributed by atoms with van der Waals surface area (Å²) in [6.07, 6.45) is -0.123. The van der Waals surface area contributed by atoms with Gasteiger partial charge < -0.3 is 10.4 Å². The highest BCUT2D eigenvalue weighted by atomic mass is 79.9. The molecule has 3 rings (SSSR count). The fourth-order valence-electron chi connectivity index (χ4n) is 2.34. The van der Waals surface area contributed by atoms with Gasteiger partial charge in [-0.2, -0.15) is 0 Å². The summed E-state index contributed by atoms with van der Waals surface area (Å²) in [4.78, 5) is 11.3. The molecular weight excluding hydrogens is 425 g/mol. The molecule has 7 heteroatoms. The molecule has 0 saturated carbocycles. The lowest BCUT2D eigenvalue weighted by atomic mass is 9.96. The lowest BCUT2D eigenvalue weighted by molar-refractivity contribution is -0.116. The first kappa shape index (κ1) is 15.1. The van der Waals surface area contributed by atoms with Crippen molar-refractivity contribution in [3.63, 3.8) is 0 Å². The summed E-state index contributed by atoms with van der Waals surface area (Å²) in [5, 5.41) is 13.1. The summed E-state index contributed by atoms with van der Waals surface area (Å²) < 4.78 is 15.9. The van der Waals surface area contributed by atoms with Gasteiger partial charge in [0, 0.05) is 23.2 Å². The average Bonchev–Trinajstić information content (AvgIpc) is 2.76. The summed E-state index contributed by atoms with van der Waals surface area (Å²) in [5.74, 6) is -0.641. The van der Waals surface area contributed by atoms with Gasteiger partial charge in [-0.25, -0.2) is 4.39 Å². The van der Waals surface area contributed by atoms with Crippen LogP contribution < -0.4 is 5.32 Å². The van der Waals surface area contributed by atoms with Crippen molar-refractivity contribution in [3.05, 3.63) is 48.3 Å². The first-order valence-electron chi connectivity index (χ1n) is 6.20. The van der Waals surface area contributed by atoms with Gasteiger partial charge in [-0.15, -0.1) is 11.3 Å². The minimum Gasteiger partial charge on any atom is -0.383 e. The monoisotopic (exact) mass is 433 g/mol. The van der Waals surface area contributed by atoms with E-state index in [1.54, 1.807) is 12.1 Å². The quantitative estimate of drug-likeness (QED) is 0.736. The van der Waals surface area contributed by atoms with E-state index >= 15 is 0 Å². The van der Waals surface area contributed by atoms with E-state index in [9.17, 15) is 14.3 Å². The lowest BCUT2D eigenvalue weighted by Gasteiger charge is -2.20. The predicted octanol–water partition coefficient (Wildman–Crippen LogP) is 4.38. The van der Waals surface area contributed by atoms with Gasteiger partial charge >= 0.3 is 0 Å². The van der Waals surface area contributed by atoms with Crippen LogP contribution >= 0.6 is 43.2 Å². The third kappa shape index (κ3) is 2.92. The molecule has 0 fully saturated rings. The fourth-order valence-corrected chi connectivity index (χ4v) is 5.22. The minimum atomic E-state index is -1.05. The zero-order valence-corrected chi connectivity index (χ0v) is 14.6. The smallest absolute Gasteiger partial charge is 0.224 e. The van der Waals surface area contributed by atoms with E-state index in [-0.39, 0.29) is 11.5 Å². The number of nitrogens with one attached hydrogen (secondary N) is 1. The average molecular weight is 435 g/mol. The second kappa shape index (κ2) is 5.79. The number of rotatable bonds is 2. The third-order valence-corrected chi connectivity index (χ3v) is 5.78. The van der Waals surface area contributed by atoms with Crippen LogP contribution in [0.25, 0.3) is 0 Å². The number of hydrogen-bond donors (Lipinski definition) is 2. The number of carbonyl (C=O) groups excluding carboxylic acids is 1. The Labute approximate surface area is 141 Å². The van der Waals surface area contributed by atoms with Crippen molar-refractivity contribution < 1.29 is 14.3 Å².